The van der Waals surface area contributed by atoms with Gasteiger partial charge >= 0.3 is 0 Å². The standard InChI is InChI=1S/C29H30OP/c1-5-15-26(16-6-1)25-30-23-13-14-24-31(27-17-7-2-8-18-27,28-19-9-3-10-20-28)29-21-11-4-12-22-29/h1-12,15-22H,13-14,23-25H2/q+1. The van der Waals surface area contributed by atoms with Gasteiger partial charge in [-0.3, -0.25) is 0 Å². The van der Waals surface area contributed by atoms with Crippen LogP contribution in [0, 0.1) is 0 Å². The summed E-state index contributed by atoms with van der Waals surface area (Å²) < 4.78 is 5.96. The minimum absolute atomic E-state index is 0.692. The number of benzene rings is 4. The van der Waals surface area contributed by atoms with Crippen LogP contribution < -0.4 is 15.9 Å². The van der Waals surface area contributed by atoms with Gasteiger partial charge in [-0.2, -0.15) is 0 Å². The molecular formula is C29H30OP+. The van der Waals surface area contributed by atoms with Crippen molar-refractivity contribution in [3.8, 4) is 0 Å². The van der Waals surface area contributed by atoms with Crippen LogP contribution in [-0.2, 0) is 11.3 Å². The minimum Gasteiger partial charge on any atom is -0.377 e. The van der Waals surface area contributed by atoms with Gasteiger partial charge in [0.25, 0.3) is 0 Å². The third kappa shape index (κ3) is 5.31. The fourth-order valence-electron chi connectivity index (χ4n) is 4.20. The lowest BCUT2D eigenvalue weighted by molar-refractivity contribution is 0.118. The molecule has 0 aromatic heterocycles. The van der Waals surface area contributed by atoms with Crippen LogP contribution in [0.1, 0.15) is 18.4 Å². The van der Waals surface area contributed by atoms with Crippen molar-refractivity contribution in [1.82, 2.24) is 0 Å². The van der Waals surface area contributed by atoms with E-state index >= 15 is 0 Å². The Bertz CT molecular complexity index is 921. The molecule has 0 spiro atoms. The van der Waals surface area contributed by atoms with E-state index in [0.29, 0.717) is 6.61 Å². The van der Waals surface area contributed by atoms with Crippen LogP contribution in [0.3, 0.4) is 0 Å². The van der Waals surface area contributed by atoms with Gasteiger partial charge in [-0.1, -0.05) is 84.9 Å². The zero-order chi connectivity index (χ0) is 21.2. The summed E-state index contributed by atoms with van der Waals surface area (Å²) in [5.74, 6) is 0. The summed E-state index contributed by atoms with van der Waals surface area (Å²) in [6, 6.07) is 43.8. The third-order valence-electron chi connectivity index (χ3n) is 5.73. The normalized spacial score (nSPS) is 11.4. The molecule has 0 unspecified atom stereocenters. The lowest BCUT2D eigenvalue weighted by Crippen LogP contribution is -2.33. The maximum Gasteiger partial charge on any atom is 0.112 e. The van der Waals surface area contributed by atoms with Gasteiger partial charge in [-0.05, 0) is 54.8 Å². The zero-order valence-electron chi connectivity index (χ0n) is 17.9. The van der Waals surface area contributed by atoms with Crippen molar-refractivity contribution < 1.29 is 4.74 Å². The molecule has 31 heavy (non-hydrogen) atoms. The molecule has 1 nitrogen and oxygen atoms in total. The quantitative estimate of drug-likeness (QED) is 0.224. The van der Waals surface area contributed by atoms with Gasteiger partial charge in [0.1, 0.15) is 23.2 Å². The number of rotatable bonds is 10. The van der Waals surface area contributed by atoms with E-state index in [9.17, 15) is 0 Å². The second kappa shape index (κ2) is 11.0. The summed E-state index contributed by atoms with van der Waals surface area (Å²) >= 11 is 0. The smallest absolute Gasteiger partial charge is 0.112 e. The highest BCUT2D eigenvalue weighted by molar-refractivity contribution is 7.95. The van der Waals surface area contributed by atoms with Crippen molar-refractivity contribution >= 4 is 23.2 Å². The predicted molar refractivity (Wildman–Crippen MR) is 135 cm³/mol. The van der Waals surface area contributed by atoms with Gasteiger partial charge in [0.05, 0.1) is 12.8 Å². The molecule has 4 aromatic carbocycles. The molecule has 0 aliphatic rings. The molecule has 0 amide bonds. The minimum atomic E-state index is -1.72. The third-order valence-corrected chi connectivity index (χ3v) is 10.3. The molecule has 4 aromatic rings. The average Bonchev–Trinajstić information content (AvgIpc) is 2.86. The van der Waals surface area contributed by atoms with Crippen LogP contribution in [0.5, 0.6) is 0 Å². The Morgan fingerprint density at radius 1 is 0.484 bits per heavy atom. The summed E-state index contributed by atoms with van der Waals surface area (Å²) in [5.41, 5.74) is 1.24. The Kier molecular flexibility index (Phi) is 7.66. The predicted octanol–water partition coefficient (Wildman–Crippen LogP) is 5.98. The van der Waals surface area contributed by atoms with E-state index in [1.54, 1.807) is 0 Å². The maximum absolute atomic E-state index is 5.96. The van der Waals surface area contributed by atoms with Gasteiger partial charge in [-0.25, -0.2) is 0 Å². The molecule has 0 fully saturated rings. The summed E-state index contributed by atoms with van der Waals surface area (Å²) in [5, 5.41) is 4.37. The van der Waals surface area contributed by atoms with Gasteiger partial charge in [0, 0.05) is 6.61 Å². The van der Waals surface area contributed by atoms with E-state index in [2.05, 4.69) is 115 Å². The molecule has 0 atom stereocenters. The Morgan fingerprint density at radius 3 is 1.35 bits per heavy atom. The van der Waals surface area contributed by atoms with Crippen LogP contribution in [0.2, 0.25) is 0 Å². The first-order chi connectivity index (χ1) is 15.4. The Balaban J connectivity index is 1.54. The van der Waals surface area contributed by atoms with Crippen molar-refractivity contribution in [3.63, 3.8) is 0 Å². The van der Waals surface area contributed by atoms with Crippen LogP contribution in [0.15, 0.2) is 121 Å². The van der Waals surface area contributed by atoms with Crippen molar-refractivity contribution in [1.29, 1.82) is 0 Å². The van der Waals surface area contributed by atoms with E-state index in [1.165, 1.54) is 21.5 Å². The van der Waals surface area contributed by atoms with Crippen LogP contribution >= 0.6 is 7.26 Å². The highest BCUT2D eigenvalue weighted by Gasteiger charge is 2.44. The van der Waals surface area contributed by atoms with Crippen LogP contribution in [-0.4, -0.2) is 12.8 Å². The summed E-state index contributed by atoms with van der Waals surface area (Å²) in [6.45, 7) is 1.49. The molecule has 0 aliphatic heterocycles. The fraction of sp³-hybridized carbons (Fsp3) is 0.172. The molecule has 0 N–H and O–H groups in total. The first kappa shape index (κ1) is 21.5. The summed E-state index contributed by atoms with van der Waals surface area (Å²) in [4.78, 5) is 0. The number of hydrogen-bond acceptors (Lipinski definition) is 1. The topological polar surface area (TPSA) is 9.23 Å². The molecular weight excluding hydrogens is 395 g/mol. The number of ether oxygens (including phenoxy) is 1. The largest absolute Gasteiger partial charge is 0.377 e. The monoisotopic (exact) mass is 425 g/mol. The van der Waals surface area contributed by atoms with E-state index < -0.39 is 7.26 Å². The van der Waals surface area contributed by atoms with Gasteiger partial charge in [0.2, 0.25) is 0 Å². The van der Waals surface area contributed by atoms with Crippen molar-refractivity contribution in [2.45, 2.75) is 19.4 Å². The lowest BCUT2D eigenvalue weighted by Gasteiger charge is -2.27. The van der Waals surface area contributed by atoms with E-state index in [1.807, 2.05) is 6.07 Å². The molecule has 156 valence electrons. The van der Waals surface area contributed by atoms with E-state index in [-0.39, 0.29) is 0 Å². The summed E-state index contributed by atoms with van der Waals surface area (Å²) in [7, 11) is -1.72. The Labute approximate surface area is 187 Å². The zero-order valence-corrected chi connectivity index (χ0v) is 18.8. The molecule has 0 saturated heterocycles. The molecule has 0 bridgehead atoms. The van der Waals surface area contributed by atoms with Crippen LogP contribution in [0.25, 0.3) is 0 Å². The molecule has 0 aliphatic carbocycles. The molecule has 4 rings (SSSR count). The SMILES string of the molecule is c1ccc(COCCCC[P+](c2ccccc2)(c2ccccc2)c2ccccc2)cc1. The summed E-state index contributed by atoms with van der Waals surface area (Å²) in [6.07, 6.45) is 3.36. The average molecular weight is 426 g/mol. The molecule has 2 heteroatoms. The van der Waals surface area contributed by atoms with Crippen molar-refractivity contribution in [3.05, 3.63) is 127 Å². The molecule has 0 heterocycles. The van der Waals surface area contributed by atoms with Crippen LogP contribution in [0.4, 0.5) is 0 Å². The highest BCUT2D eigenvalue weighted by atomic mass is 31.2. The number of unbranched alkanes of at least 4 members (excludes halogenated alkanes) is 1. The Morgan fingerprint density at radius 2 is 0.903 bits per heavy atom. The van der Waals surface area contributed by atoms with E-state index in [0.717, 1.165) is 25.6 Å². The first-order valence-electron chi connectivity index (χ1n) is 11.1. The number of hydrogen-bond donors (Lipinski definition) is 0. The van der Waals surface area contributed by atoms with E-state index in [4.69, 9.17) is 4.74 Å². The molecule has 0 saturated carbocycles. The fourth-order valence-corrected chi connectivity index (χ4v) is 8.61. The lowest BCUT2D eigenvalue weighted by atomic mass is 10.2. The van der Waals surface area contributed by atoms with Gasteiger partial charge in [0.15, 0.2) is 0 Å². The van der Waals surface area contributed by atoms with Crippen molar-refractivity contribution in [2.24, 2.45) is 0 Å². The Hall–Kier alpha value is -2.73. The second-order valence-electron chi connectivity index (χ2n) is 7.79. The van der Waals surface area contributed by atoms with Gasteiger partial charge < -0.3 is 4.74 Å². The molecule has 0 radical (unpaired) electrons. The highest BCUT2D eigenvalue weighted by Crippen LogP contribution is 2.55. The second-order valence-corrected chi connectivity index (χ2v) is 11.4. The van der Waals surface area contributed by atoms with Crippen molar-refractivity contribution in [2.75, 3.05) is 12.8 Å². The van der Waals surface area contributed by atoms with Gasteiger partial charge in [-0.15, -0.1) is 0 Å². The maximum atomic E-state index is 5.96. The first-order valence-corrected chi connectivity index (χ1v) is 13.0.